The molecule has 2 heterocycles. The average molecular weight is 288 g/mol. The molecule has 2 aliphatic rings. The first-order chi connectivity index (χ1) is 10.3. The molecule has 0 amide bonds. The fourth-order valence-electron chi connectivity index (χ4n) is 3.82. The molecule has 0 radical (unpaired) electrons. The van der Waals surface area contributed by atoms with Gasteiger partial charge in [-0.1, -0.05) is 44.2 Å². The van der Waals surface area contributed by atoms with Gasteiger partial charge >= 0.3 is 0 Å². The summed E-state index contributed by atoms with van der Waals surface area (Å²) in [5, 5.41) is 3.85. The second-order valence-electron chi connectivity index (χ2n) is 6.48. The van der Waals surface area contributed by atoms with Crippen molar-refractivity contribution in [3.05, 3.63) is 35.9 Å². The van der Waals surface area contributed by atoms with E-state index in [1.807, 2.05) is 0 Å². The zero-order chi connectivity index (χ0) is 14.7. The summed E-state index contributed by atoms with van der Waals surface area (Å²) in [5.74, 6) is 0. The number of benzene rings is 1. The number of piperazine rings is 1. The number of rotatable bonds is 4. The highest BCUT2D eigenvalue weighted by Gasteiger charge is 2.41. The Morgan fingerprint density at radius 3 is 2.62 bits per heavy atom. The molecular formula is C18H28N2O. The molecule has 2 fully saturated rings. The molecule has 0 spiro atoms. The monoisotopic (exact) mass is 288 g/mol. The number of hydrogen-bond acceptors (Lipinski definition) is 3. The predicted molar refractivity (Wildman–Crippen MR) is 86.4 cm³/mol. The summed E-state index contributed by atoms with van der Waals surface area (Å²) >= 11 is 0. The largest absolute Gasteiger partial charge is 0.380 e. The van der Waals surface area contributed by atoms with Gasteiger partial charge in [-0.15, -0.1) is 0 Å². The molecule has 2 aliphatic heterocycles. The lowest BCUT2D eigenvalue weighted by molar-refractivity contribution is 0.0305. The Balaban J connectivity index is 1.85. The molecule has 116 valence electrons. The summed E-state index contributed by atoms with van der Waals surface area (Å²) < 4.78 is 5.67. The van der Waals surface area contributed by atoms with Crippen molar-refractivity contribution >= 4 is 0 Å². The van der Waals surface area contributed by atoms with E-state index < -0.39 is 0 Å². The number of hydrogen-bond donors (Lipinski definition) is 1. The van der Waals surface area contributed by atoms with E-state index in [1.165, 1.54) is 24.8 Å². The topological polar surface area (TPSA) is 24.5 Å². The normalized spacial score (nSPS) is 29.6. The van der Waals surface area contributed by atoms with Crippen LogP contribution in [0.5, 0.6) is 0 Å². The Hall–Kier alpha value is -0.900. The number of nitrogens with zero attached hydrogens (tertiary/aromatic N) is 1. The van der Waals surface area contributed by atoms with Crippen LogP contribution in [-0.4, -0.2) is 42.8 Å². The lowest BCUT2D eigenvalue weighted by Crippen LogP contribution is -2.62. The summed E-state index contributed by atoms with van der Waals surface area (Å²) in [6.07, 6.45) is 3.55. The van der Waals surface area contributed by atoms with Gasteiger partial charge in [0.05, 0.1) is 6.61 Å². The molecule has 0 saturated carbocycles. The van der Waals surface area contributed by atoms with Crippen LogP contribution in [0.15, 0.2) is 30.3 Å². The van der Waals surface area contributed by atoms with Crippen LogP contribution in [0.3, 0.4) is 0 Å². The van der Waals surface area contributed by atoms with Crippen molar-refractivity contribution in [2.45, 2.75) is 50.7 Å². The average Bonchev–Trinajstić information content (AvgIpc) is 3.09. The van der Waals surface area contributed by atoms with Crippen molar-refractivity contribution in [2.75, 3.05) is 26.3 Å². The standard InChI is InChI=1S/C18H28N2O/c1-3-18(4-2)14-20(16-10-11-21-13-16)17(12-19-18)15-8-6-5-7-9-15/h5-9,16-17,19H,3-4,10-14H2,1-2H3. The van der Waals surface area contributed by atoms with E-state index in [0.29, 0.717) is 12.1 Å². The van der Waals surface area contributed by atoms with E-state index in [0.717, 1.165) is 26.3 Å². The van der Waals surface area contributed by atoms with E-state index in [1.54, 1.807) is 0 Å². The van der Waals surface area contributed by atoms with Crippen LogP contribution >= 0.6 is 0 Å². The summed E-state index contributed by atoms with van der Waals surface area (Å²) in [4.78, 5) is 2.71. The van der Waals surface area contributed by atoms with E-state index in [9.17, 15) is 0 Å². The van der Waals surface area contributed by atoms with Crippen molar-refractivity contribution in [1.82, 2.24) is 10.2 Å². The fourth-order valence-corrected chi connectivity index (χ4v) is 3.82. The highest BCUT2D eigenvalue weighted by Crippen LogP contribution is 2.33. The minimum absolute atomic E-state index is 0.272. The Morgan fingerprint density at radius 1 is 1.24 bits per heavy atom. The van der Waals surface area contributed by atoms with Crippen molar-refractivity contribution < 1.29 is 4.74 Å². The zero-order valence-electron chi connectivity index (χ0n) is 13.3. The molecule has 0 aliphatic carbocycles. The summed E-state index contributed by atoms with van der Waals surface area (Å²) in [6, 6.07) is 12.0. The highest BCUT2D eigenvalue weighted by atomic mass is 16.5. The molecule has 1 aromatic carbocycles. The van der Waals surface area contributed by atoms with Gasteiger partial charge in [-0.25, -0.2) is 0 Å². The number of ether oxygens (including phenoxy) is 1. The van der Waals surface area contributed by atoms with Crippen molar-refractivity contribution in [1.29, 1.82) is 0 Å². The maximum Gasteiger partial charge on any atom is 0.0622 e. The third kappa shape index (κ3) is 3.01. The quantitative estimate of drug-likeness (QED) is 0.922. The van der Waals surface area contributed by atoms with Gasteiger partial charge in [0.2, 0.25) is 0 Å². The SMILES string of the molecule is CCC1(CC)CN(C2CCOC2)C(c2ccccc2)CN1. The summed E-state index contributed by atoms with van der Waals surface area (Å²) in [7, 11) is 0. The molecule has 2 unspecified atom stereocenters. The van der Waals surface area contributed by atoms with Gasteiger partial charge in [0.25, 0.3) is 0 Å². The first-order valence-corrected chi connectivity index (χ1v) is 8.41. The van der Waals surface area contributed by atoms with Gasteiger partial charge in [0.1, 0.15) is 0 Å². The van der Waals surface area contributed by atoms with Crippen LogP contribution in [0, 0.1) is 0 Å². The number of nitrogens with one attached hydrogen (secondary N) is 1. The Morgan fingerprint density at radius 2 is 2.00 bits per heavy atom. The second-order valence-corrected chi connectivity index (χ2v) is 6.48. The van der Waals surface area contributed by atoms with Crippen LogP contribution < -0.4 is 5.32 Å². The molecule has 2 atom stereocenters. The molecule has 2 saturated heterocycles. The zero-order valence-corrected chi connectivity index (χ0v) is 13.3. The van der Waals surface area contributed by atoms with Crippen LogP contribution in [0.4, 0.5) is 0 Å². The molecule has 0 aromatic heterocycles. The van der Waals surface area contributed by atoms with Gasteiger partial charge in [-0.05, 0) is 24.8 Å². The summed E-state index contributed by atoms with van der Waals surface area (Å²) in [6.45, 7) is 8.61. The van der Waals surface area contributed by atoms with Crippen molar-refractivity contribution in [3.8, 4) is 0 Å². The lowest BCUT2D eigenvalue weighted by Gasteiger charge is -2.49. The van der Waals surface area contributed by atoms with E-state index in [-0.39, 0.29) is 5.54 Å². The van der Waals surface area contributed by atoms with E-state index >= 15 is 0 Å². The molecule has 3 nitrogen and oxygen atoms in total. The molecule has 3 heteroatoms. The molecular weight excluding hydrogens is 260 g/mol. The van der Waals surface area contributed by atoms with Gasteiger partial charge in [0.15, 0.2) is 0 Å². The van der Waals surface area contributed by atoms with Gasteiger partial charge in [0, 0.05) is 37.3 Å². The third-order valence-corrected chi connectivity index (χ3v) is 5.47. The Kier molecular flexibility index (Phi) is 4.63. The smallest absolute Gasteiger partial charge is 0.0622 e. The van der Waals surface area contributed by atoms with E-state index in [2.05, 4.69) is 54.4 Å². The van der Waals surface area contributed by atoms with E-state index in [4.69, 9.17) is 4.74 Å². The fraction of sp³-hybridized carbons (Fsp3) is 0.667. The van der Waals surface area contributed by atoms with Gasteiger partial charge < -0.3 is 10.1 Å². The maximum atomic E-state index is 5.67. The van der Waals surface area contributed by atoms with Crippen molar-refractivity contribution in [2.24, 2.45) is 0 Å². The third-order valence-electron chi connectivity index (χ3n) is 5.47. The van der Waals surface area contributed by atoms with Crippen LogP contribution in [0.1, 0.15) is 44.7 Å². The van der Waals surface area contributed by atoms with Crippen molar-refractivity contribution in [3.63, 3.8) is 0 Å². The Labute approximate surface area is 128 Å². The predicted octanol–water partition coefficient (Wildman–Crippen LogP) is 2.98. The summed E-state index contributed by atoms with van der Waals surface area (Å²) in [5.41, 5.74) is 1.70. The van der Waals surface area contributed by atoms with Gasteiger partial charge in [-0.3, -0.25) is 4.90 Å². The molecule has 1 aromatic rings. The first-order valence-electron chi connectivity index (χ1n) is 8.41. The minimum Gasteiger partial charge on any atom is -0.380 e. The van der Waals surface area contributed by atoms with Crippen LogP contribution in [-0.2, 0) is 4.74 Å². The van der Waals surface area contributed by atoms with Crippen LogP contribution in [0.2, 0.25) is 0 Å². The first kappa shape index (κ1) is 15.0. The highest BCUT2D eigenvalue weighted by molar-refractivity contribution is 5.21. The Bertz CT molecular complexity index is 438. The molecule has 3 rings (SSSR count). The lowest BCUT2D eigenvalue weighted by atomic mass is 9.86. The van der Waals surface area contributed by atoms with Gasteiger partial charge in [-0.2, -0.15) is 0 Å². The minimum atomic E-state index is 0.272. The molecule has 21 heavy (non-hydrogen) atoms. The second kappa shape index (κ2) is 6.47. The molecule has 1 N–H and O–H groups in total. The van der Waals surface area contributed by atoms with Crippen LogP contribution in [0.25, 0.3) is 0 Å². The molecule has 0 bridgehead atoms. The maximum absolute atomic E-state index is 5.67.